The van der Waals surface area contributed by atoms with E-state index in [1.807, 2.05) is 48.0 Å². The summed E-state index contributed by atoms with van der Waals surface area (Å²) in [7, 11) is 0. The first-order chi connectivity index (χ1) is 16.2. The molecule has 0 saturated carbocycles. The third kappa shape index (κ3) is 4.99. The molecule has 0 unspecified atom stereocenters. The number of aryl methyl sites for hydroxylation is 2. The van der Waals surface area contributed by atoms with Crippen molar-refractivity contribution in [2.24, 2.45) is 0 Å². The van der Waals surface area contributed by atoms with Crippen molar-refractivity contribution < 1.29 is 9.72 Å². The molecule has 2 aromatic heterocycles. The normalized spacial score (nSPS) is 10.9. The molecule has 0 aliphatic heterocycles. The molecular weight excluding hydrogens is 456 g/mol. The van der Waals surface area contributed by atoms with Gasteiger partial charge in [-0.15, -0.1) is 0 Å². The third-order valence-corrected chi connectivity index (χ3v) is 5.77. The lowest BCUT2D eigenvalue weighted by Gasteiger charge is -2.07. The summed E-state index contributed by atoms with van der Waals surface area (Å²) in [5.74, 6) is 0.161. The number of nitrogens with zero attached hydrogens (tertiary/aromatic N) is 5. The molecule has 0 spiro atoms. The number of rotatable bonds is 7. The van der Waals surface area contributed by atoms with Crippen LogP contribution in [0.25, 0.3) is 0 Å². The monoisotopic (exact) mass is 478 g/mol. The second-order valence-corrected chi connectivity index (χ2v) is 8.48. The Morgan fingerprint density at radius 2 is 1.71 bits per heavy atom. The molecule has 0 aliphatic rings. The van der Waals surface area contributed by atoms with Gasteiger partial charge in [0.1, 0.15) is 11.4 Å². The molecule has 0 bridgehead atoms. The molecule has 1 amide bonds. The Bertz CT molecular complexity index is 1370. The van der Waals surface area contributed by atoms with E-state index in [2.05, 4.69) is 15.5 Å². The maximum absolute atomic E-state index is 12.9. The summed E-state index contributed by atoms with van der Waals surface area (Å²) in [5, 5.41) is 23.5. The van der Waals surface area contributed by atoms with Crippen molar-refractivity contribution >= 4 is 29.0 Å². The SMILES string of the molecule is Cc1nn(Cc2cccc(C(=O)Nc3cc(C)n(Cc4ccc(Cl)cc4)n3)c2)c(C)c1[N+](=O)[O-]. The van der Waals surface area contributed by atoms with Crippen molar-refractivity contribution in [2.75, 3.05) is 5.32 Å². The van der Waals surface area contributed by atoms with Crippen LogP contribution in [0.15, 0.2) is 54.6 Å². The predicted octanol–water partition coefficient (Wildman–Crippen LogP) is 4.92. The van der Waals surface area contributed by atoms with Crippen molar-refractivity contribution in [1.82, 2.24) is 19.6 Å². The molecule has 1 N–H and O–H groups in total. The van der Waals surface area contributed by atoms with Crippen LogP contribution in [0.2, 0.25) is 5.02 Å². The van der Waals surface area contributed by atoms with Crippen molar-refractivity contribution in [3.8, 4) is 0 Å². The molecule has 0 aliphatic carbocycles. The molecule has 10 heteroatoms. The first-order valence-corrected chi connectivity index (χ1v) is 11.0. The van der Waals surface area contributed by atoms with Gasteiger partial charge >= 0.3 is 5.69 Å². The average molecular weight is 479 g/mol. The van der Waals surface area contributed by atoms with Crippen LogP contribution in [0.5, 0.6) is 0 Å². The molecule has 0 fully saturated rings. The molecule has 34 heavy (non-hydrogen) atoms. The van der Waals surface area contributed by atoms with Crippen molar-refractivity contribution in [3.63, 3.8) is 0 Å². The van der Waals surface area contributed by atoms with Gasteiger partial charge in [-0.2, -0.15) is 10.2 Å². The highest BCUT2D eigenvalue weighted by atomic mass is 35.5. The van der Waals surface area contributed by atoms with Crippen LogP contribution < -0.4 is 5.32 Å². The molecule has 9 nitrogen and oxygen atoms in total. The van der Waals surface area contributed by atoms with Gasteiger partial charge in [-0.1, -0.05) is 35.9 Å². The molecular formula is C24H23ClN6O3. The number of hydrogen-bond acceptors (Lipinski definition) is 5. The lowest BCUT2D eigenvalue weighted by molar-refractivity contribution is -0.386. The van der Waals surface area contributed by atoms with E-state index in [0.29, 0.717) is 40.9 Å². The molecule has 4 aromatic rings. The molecule has 4 rings (SSSR count). The molecule has 174 valence electrons. The van der Waals surface area contributed by atoms with Crippen LogP contribution in [0.1, 0.15) is 38.6 Å². The standard InChI is InChI=1S/C24H23ClN6O3/c1-15-11-22(28-29(15)13-18-7-9-21(25)10-8-18)26-24(32)20-6-4-5-19(12-20)14-30-17(3)23(31(33)34)16(2)27-30/h4-12H,13-14H2,1-3H3,(H,26,28,32). The number of halogens is 1. The summed E-state index contributed by atoms with van der Waals surface area (Å²) in [6, 6.07) is 16.4. The summed E-state index contributed by atoms with van der Waals surface area (Å²) in [6.45, 7) is 6.07. The Labute approximate surface area is 201 Å². The summed E-state index contributed by atoms with van der Waals surface area (Å²) < 4.78 is 3.39. The second-order valence-electron chi connectivity index (χ2n) is 8.04. The number of carbonyl (C=O) groups excluding carboxylic acids is 1. The van der Waals surface area contributed by atoms with Crippen molar-refractivity contribution in [3.05, 3.63) is 104 Å². The summed E-state index contributed by atoms with van der Waals surface area (Å²) in [6.07, 6.45) is 0. The summed E-state index contributed by atoms with van der Waals surface area (Å²) in [5.41, 5.74) is 4.06. The van der Waals surface area contributed by atoms with Gasteiger partial charge in [0.05, 0.1) is 18.0 Å². The molecule has 2 heterocycles. The van der Waals surface area contributed by atoms with E-state index in [1.165, 1.54) is 0 Å². The van der Waals surface area contributed by atoms with E-state index in [-0.39, 0.29) is 11.6 Å². The lowest BCUT2D eigenvalue weighted by Crippen LogP contribution is -2.14. The maximum atomic E-state index is 12.9. The number of nitro groups is 1. The first kappa shape index (κ1) is 23.2. The quantitative estimate of drug-likeness (QED) is 0.300. The van der Waals surface area contributed by atoms with E-state index in [9.17, 15) is 14.9 Å². The number of carbonyl (C=O) groups is 1. The number of amides is 1. The molecule has 0 atom stereocenters. The molecule has 0 saturated heterocycles. The van der Waals surface area contributed by atoms with Crippen LogP contribution in [0, 0.1) is 30.9 Å². The van der Waals surface area contributed by atoms with Crippen LogP contribution in [-0.2, 0) is 13.1 Å². The molecule has 2 aromatic carbocycles. The maximum Gasteiger partial charge on any atom is 0.312 e. The van der Waals surface area contributed by atoms with Crippen LogP contribution in [0.4, 0.5) is 11.5 Å². The summed E-state index contributed by atoms with van der Waals surface area (Å²) in [4.78, 5) is 23.7. The minimum Gasteiger partial charge on any atom is -0.305 e. The van der Waals surface area contributed by atoms with Gasteiger partial charge in [0, 0.05) is 22.3 Å². The average Bonchev–Trinajstić information content (AvgIpc) is 3.27. The number of benzene rings is 2. The Hall–Kier alpha value is -3.98. The topological polar surface area (TPSA) is 108 Å². The zero-order chi connectivity index (χ0) is 24.4. The van der Waals surface area contributed by atoms with E-state index in [1.54, 1.807) is 36.7 Å². The largest absolute Gasteiger partial charge is 0.312 e. The second kappa shape index (κ2) is 9.48. The highest BCUT2D eigenvalue weighted by Crippen LogP contribution is 2.23. The van der Waals surface area contributed by atoms with Gasteiger partial charge in [0.25, 0.3) is 5.91 Å². The molecule has 0 radical (unpaired) electrons. The van der Waals surface area contributed by atoms with Crippen LogP contribution in [0.3, 0.4) is 0 Å². The number of aromatic nitrogens is 4. The van der Waals surface area contributed by atoms with E-state index >= 15 is 0 Å². The van der Waals surface area contributed by atoms with Gasteiger partial charge < -0.3 is 5.32 Å². The van der Waals surface area contributed by atoms with E-state index in [4.69, 9.17) is 11.6 Å². The van der Waals surface area contributed by atoms with E-state index in [0.717, 1.165) is 16.8 Å². The highest BCUT2D eigenvalue weighted by Gasteiger charge is 2.22. The fourth-order valence-corrected chi connectivity index (χ4v) is 3.90. The smallest absolute Gasteiger partial charge is 0.305 e. The third-order valence-electron chi connectivity index (χ3n) is 5.52. The minimum atomic E-state index is -0.425. The number of nitrogens with one attached hydrogen (secondary N) is 1. The Kier molecular flexibility index (Phi) is 6.47. The summed E-state index contributed by atoms with van der Waals surface area (Å²) >= 11 is 5.95. The van der Waals surface area contributed by atoms with Gasteiger partial charge in [-0.3, -0.25) is 24.3 Å². The highest BCUT2D eigenvalue weighted by molar-refractivity contribution is 6.30. The van der Waals surface area contributed by atoms with Gasteiger partial charge in [0.15, 0.2) is 5.82 Å². The lowest BCUT2D eigenvalue weighted by atomic mass is 10.1. The predicted molar refractivity (Wildman–Crippen MR) is 129 cm³/mol. The number of hydrogen-bond donors (Lipinski definition) is 1. The van der Waals surface area contributed by atoms with Crippen molar-refractivity contribution in [2.45, 2.75) is 33.9 Å². The fourth-order valence-electron chi connectivity index (χ4n) is 3.77. The first-order valence-electron chi connectivity index (χ1n) is 10.6. The van der Waals surface area contributed by atoms with Crippen LogP contribution in [-0.4, -0.2) is 30.4 Å². The van der Waals surface area contributed by atoms with Crippen molar-refractivity contribution in [1.29, 1.82) is 0 Å². The van der Waals surface area contributed by atoms with Gasteiger partial charge in [0.2, 0.25) is 0 Å². The van der Waals surface area contributed by atoms with Crippen LogP contribution >= 0.6 is 11.6 Å². The zero-order valence-corrected chi connectivity index (χ0v) is 19.7. The van der Waals surface area contributed by atoms with Gasteiger partial charge in [-0.05, 0) is 56.2 Å². The fraction of sp³-hybridized carbons (Fsp3) is 0.208. The minimum absolute atomic E-state index is 0.0125. The Balaban J connectivity index is 1.47. The van der Waals surface area contributed by atoms with Gasteiger partial charge in [-0.25, -0.2) is 0 Å². The Morgan fingerprint density at radius 3 is 2.38 bits per heavy atom. The number of anilines is 1. The zero-order valence-electron chi connectivity index (χ0n) is 18.9. The Morgan fingerprint density at radius 1 is 1.00 bits per heavy atom. The van der Waals surface area contributed by atoms with E-state index < -0.39 is 4.92 Å².